The number of benzene rings is 1. The van der Waals surface area contributed by atoms with E-state index in [9.17, 15) is 9.90 Å². The number of carbonyl (C=O) groups excluding carboxylic acids is 1. The number of nitrogens with zero attached hydrogens (tertiary/aromatic N) is 1. The molecule has 0 bridgehead atoms. The Labute approximate surface area is 120 Å². The first-order valence-corrected chi connectivity index (χ1v) is 7.27. The summed E-state index contributed by atoms with van der Waals surface area (Å²) in [7, 11) is 0. The van der Waals surface area contributed by atoms with Crippen LogP contribution in [0.15, 0.2) is 36.4 Å². The summed E-state index contributed by atoms with van der Waals surface area (Å²) in [6.45, 7) is 4.87. The van der Waals surface area contributed by atoms with Crippen LogP contribution in [0.1, 0.15) is 32.3 Å². The van der Waals surface area contributed by atoms with Crippen molar-refractivity contribution in [3.8, 4) is 0 Å². The van der Waals surface area contributed by atoms with Gasteiger partial charge in [-0.25, -0.2) is 0 Å². The normalized spacial score (nSPS) is 23.8. The van der Waals surface area contributed by atoms with Crippen LogP contribution >= 0.6 is 0 Å². The molecule has 3 nitrogen and oxygen atoms in total. The van der Waals surface area contributed by atoms with Crippen molar-refractivity contribution in [1.82, 2.24) is 4.90 Å². The summed E-state index contributed by atoms with van der Waals surface area (Å²) in [5, 5.41) is 9.28. The number of aliphatic hydroxyl groups is 1. The monoisotopic (exact) mass is 273 g/mol. The van der Waals surface area contributed by atoms with E-state index >= 15 is 0 Å². The van der Waals surface area contributed by atoms with Crippen LogP contribution in [-0.2, 0) is 4.79 Å². The molecule has 2 rings (SSSR count). The maximum absolute atomic E-state index is 12.4. The zero-order valence-corrected chi connectivity index (χ0v) is 12.2. The van der Waals surface area contributed by atoms with Gasteiger partial charge in [0.25, 0.3) is 0 Å². The molecule has 3 heteroatoms. The largest absolute Gasteiger partial charge is 0.396 e. The van der Waals surface area contributed by atoms with Gasteiger partial charge in [0.1, 0.15) is 0 Å². The Hall–Kier alpha value is -1.61. The molecule has 1 amide bonds. The van der Waals surface area contributed by atoms with E-state index < -0.39 is 0 Å². The lowest BCUT2D eigenvalue weighted by atomic mass is 9.94. The molecule has 1 aromatic carbocycles. The van der Waals surface area contributed by atoms with Crippen LogP contribution in [0, 0.1) is 5.92 Å². The van der Waals surface area contributed by atoms with Crippen LogP contribution in [0.25, 0.3) is 5.57 Å². The van der Waals surface area contributed by atoms with E-state index in [0.29, 0.717) is 6.54 Å². The van der Waals surface area contributed by atoms with Crippen LogP contribution in [0.2, 0.25) is 0 Å². The van der Waals surface area contributed by atoms with Crippen molar-refractivity contribution >= 4 is 11.5 Å². The van der Waals surface area contributed by atoms with Crippen molar-refractivity contribution in [3.05, 3.63) is 42.0 Å². The van der Waals surface area contributed by atoms with Crippen molar-refractivity contribution in [1.29, 1.82) is 0 Å². The average molecular weight is 273 g/mol. The second kappa shape index (κ2) is 6.71. The fourth-order valence-corrected chi connectivity index (χ4v) is 2.69. The van der Waals surface area contributed by atoms with Gasteiger partial charge >= 0.3 is 0 Å². The molecule has 1 aliphatic rings. The first-order chi connectivity index (χ1) is 9.61. The molecule has 0 radical (unpaired) electrons. The van der Waals surface area contributed by atoms with Gasteiger partial charge in [0.15, 0.2) is 0 Å². The molecule has 2 atom stereocenters. The van der Waals surface area contributed by atoms with Crippen LogP contribution < -0.4 is 0 Å². The molecule has 0 aliphatic carbocycles. The topological polar surface area (TPSA) is 40.5 Å². The minimum atomic E-state index is 0.0528. The zero-order chi connectivity index (χ0) is 14.5. The van der Waals surface area contributed by atoms with Crippen molar-refractivity contribution < 1.29 is 9.90 Å². The molecule has 20 heavy (non-hydrogen) atoms. The molecule has 1 N–H and O–H groups in total. The van der Waals surface area contributed by atoms with E-state index in [1.54, 1.807) is 6.08 Å². The quantitative estimate of drug-likeness (QED) is 0.860. The molecule has 1 heterocycles. The Balaban J connectivity index is 2.10. The number of hydrogen-bond acceptors (Lipinski definition) is 2. The second-order valence-corrected chi connectivity index (χ2v) is 5.66. The molecular weight excluding hydrogens is 250 g/mol. The SMILES string of the molecule is C/C(=C/C(=O)N1CC(CO)CCC1C)c1ccccc1. The van der Waals surface area contributed by atoms with Gasteiger partial charge in [0, 0.05) is 25.3 Å². The number of rotatable bonds is 3. The first kappa shape index (κ1) is 14.8. The van der Waals surface area contributed by atoms with Crippen LogP contribution in [-0.4, -0.2) is 35.1 Å². The Morgan fingerprint density at radius 2 is 2.05 bits per heavy atom. The van der Waals surface area contributed by atoms with Crippen molar-refractivity contribution in [2.24, 2.45) is 5.92 Å². The van der Waals surface area contributed by atoms with E-state index in [2.05, 4.69) is 6.92 Å². The number of likely N-dealkylation sites (tertiary alicyclic amines) is 1. The van der Waals surface area contributed by atoms with Crippen LogP contribution in [0.4, 0.5) is 0 Å². The minimum absolute atomic E-state index is 0.0528. The van der Waals surface area contributed by atoms with Gasteiger partial charge in [-0.2, -0.15) is 0 Å². The number of allylic oxidation sites excluding steroid dienone is 1. The summed E-state index contributed by atoms with van der Waals surface area (Å²) >= 11 is 0. The maximum Gasteiger partial charge on any atom is 0.247 e. The smallest absolute Gasteiger partial charge is 0.247 e. The van der Waals surface area contributed by atoms with Gasteiger partial charge < -0.3 is 10.0 Å². The van der Waals surface area contributed by atoms with Crippen LogP contribution in [0.5, 0.6) is 0 Å². The predicted octanol–water partition coefficient (Wildman–Crippen LogP) is 2.71. The second-order valence-electron chi connectivity index (χ2n) is 5.66. The van der Waals surface area contributed by atoms with Crippen molar-refractivity contribution in [2.45, 2.75) is 32.7 Å². The molecule has 1 fully saturated rings. The lowest BCUT2D eigenvalue weighted by Gasteiger charge is -2.37. The summed E-state index contributed by atoms with van der Waals surface area (Å²) < 4.78 is 0. The highest BCUT2D eigenvalue weighted by Crippen LogP contribution is 2.23. The van der Waals surface area contributed by atoms with Gasteiger partial charge in [-0.1, -0.05) is 30.3 Å². The molecule has 1 saturated heterocycles. The third-order valence-electron chi connectivity index (χ3n) is 4.09. The predicted molar refractivity (Wildman–Crippen MR) is 81.1 cm³/mol. The molecule has 0 spiro atoms. The number of hydrogen-bond donors (Lipinski definition) is 1. The standard InChI is InChI=1S/C17H23NO2/c1-13(16-6-4-3-5-7-16)10-17(20)18-11-15(12-19)9-8-14(18)2/h3-7,10,14-15,19H,8-9,11-12H2,1-2H3/b13-10-. The van der Waals surface area contributed by atoms with Gasteiger partial charge in [0.2, 0.25) is 5.91 Å². The fraction of sp³-hybridized carbons (Fsp3) is 0.471. The van der Waals surface area contributed by atoms with Gasteiger partial charge in [-0.15, -0.1) is 0 Å². The van der Waals surface area contributed by atoms with E-state index in [1.807, 2.05) is 42.2 Å². The molecule has 1 aliphatic heterocycles. The highest BCUT2D eigenvalue weighted by molar-refractivity contribution is 5.95. The lowest BCUT2D eigenvalue weighted by Crippen LogP contribution is -2.45. The van der Waals surface area contributed by atoms with E-state index in [-0.39, 0.29) is 24.5 Å². The van der Waals surface area contributed by atoms with E-state index in [1.165, 1.54) is 0 Å². The highest BCUT2D eigenvalue weighted by Gasteiger charge is 2.27. The van der Waals surface area contributed by atoms with E-state index in [0.717, 1.165) is 24.0 Å². The van der Waals surface area contributed by atoms with Crippen LogP contribution in [0.3, 0.4) is 0 Å². The van der Waals surface area contributed by atoms with Crippen molar-refractivity contribution in [2.75, 3.05) is 13.2 Å². The molecule has 0 aromatic heterocycles. The average Bonchev–Trinajstić information content (AvgIpc) is 2.48. The molecule has 2 unspecified atom stereocenters. The van der Waals surface area contributed by atoms with Gasteiger partial charge in [-0.3, -0.25) is 4.79 Å². The fourth-order valence-electron chi connectivity index (χ4n) is 2.69. The van der Waals surface area contributed by atoms with Gasteiger partial charge in [-0.05, 0) is 43.7 Å². The Bertz CT molecular complexity index is 481. The number of amides is 1. The first-order valence-electron chi connectivity index (χ1n) is 7.27. The van der Waals surface area contributed by atoms with E-state index in [4.69, 9.17) is 0 Å². The molecule has 0 saturated carbocycles. The minimum Gasteiger partial charge on any atom is -0.396 e. The third kappa shape index (κ3) is 3.48. The summed E-state index contributed by atoms with van der Waals surface area (Å²) in [6, 6.07) is 10.2. The number of carbonyl (C=O) groups is 1. The summed E-state index contributed by atoms with van der Waals surface area (Å²) in [4.78, 5) is 14.3. The summed E-state index contributed by atoms with van der Waals surface area (Å²) in [5.74, 6) is 0.276. The zero-order valence-electron chi connectivity index (χ0n) is 12.2. The maximum atomic E-state index is 12.4. The summed E-state index contributed by atoms with van der Waals surface area (Å²) in [5.41, 5.74) is 2.05. The Kier molecular flexibility index (Phi) is 4.96. The Morgan fingerprint density at radius 1 is 1.35 bits per heavy atom. The lowest BCUT2D eigenvalue weighted by molar-refractivity contribution is -0.130. The Morgan fingerprint density at radius 3 is 2.70 bits per heavy atom. The van der Waals surface area contributed by atoms with Crippen molar-refractivity contribution in [3.63, 3.8) is 0 Å². The molecule has 1 aromatic rings. The third-order valence-corrected chi connectivity index (χ3v) is 4.09. The number of piperidine rings is 1. The van der Waals surface area contributed by atoms with Gasteiger partial charge in [0.05, 0.1) is 0 Å². The molecular formula is C17H23NO2. The summed E-state index contributed by atoms with van der Waals surface area (Å²) in [6.07, 6.45) is 3.68. The highest BCUT2D eigenvalue weighted by atomic mass is 16.3. The number of aliphatic hydroxyl groups excluding tert-OH is 1. The molecule has 108 valence electrons.